The summed E-state index contributed by atoms with van der Waals surface area (Å²) in [6, 6.07) is 3.35. The fourth-order valence-electron chi connectivity index (χ4n) is 1.65. The molecule has 0 aliphatic carbocycles. The molecule has 124 valence electrons. The van der Waals surface area contributed by atoms with Crippen molar-refractivity contribution >= 4 is 5.91 Å². The van der Waals surface area contributed by atoms with Gasteiger partial charge in [0.05, 0.1) is 12.7 Å². The van der Waals surface area contributed by atoms with E-state index in [0.29, 0.717) is 0 Å². The first-order chi connectivity index (χ1) is 10.3. The molecule has 0 radical (unpaired) electrons. The van der Waals surface area contributed by atoms with E-state index in [9.17, 15) is 25.2 Å². The monoisotopic (exact) mass is 317 g/mol. The molecular formula is C13H19NO8. The van der Waals surface area contributed by atoms with Crippen LogP contribution < -0.4 is 5.32 Å². The Morgan fingerprint density at radius 3 is 2.14 bits per heavy atom. The van der Waals surface area contributed by atoms with E-state index in [1.54, 1.807) is 0 Å². The smallest absolute Gasteiger partial charge is 0.251 e. The molecule has 1 aromatic carbocycles. The van der Waals surface area contributed by atoms with Crippen molar-refractivity contribution in [1.29, 1.82) is 0 Å². The van der Waals surface area contributed by atoms with E-state index in [-0.39, 0.29) is 5.56 Å². The predicted octanol–water partition coefficient (Wildman–Crippen LogP) is -2.74. The second-order valence-corrected chi connectivity index (χ2v) is 4.71. The number of carbonyl (C=O) groups excluding carboxylic acids is 1. The molecule has 9 nitrogen and oxygen atoms in total. The first-order valence-electron chi connectivity index (χ1n) is 6.41. The largest absolute Gasteiger partial charge is 0.504 e. The summed E-state index contributed by atoms with van der Waals surface area (Å²) in [6.07, 6.45) is -6.79. The molecule has 1 aromatic rings. The Morgan fingerprint density at radius 2 is 1.59 bits per heavy atom. The van der Waals surface area contributed by atoms with E-state index >= 15 is 0 Å². The fourth-order valence-corrected chi connectivity index (χ4v) is 1.65. The van der Waals surface area contributed by atoms with Gasteiger partial charge >= 0.3 is 0 Å². The van der Waals surface area contributed by atoms with E-state index in [1.807, 2.05) is 0 Å². The number of hydrogen-bond acceptors (Lipinski definition) is 8. The highest BCUT2D eigenvalue weighted by molar-refractivity contribution is 5.94. The van der Waals surface area contributed by atoms with Crippen molar-refractivity contribution in [3.8, 4) is 11.5 Å². The summed E-state index contributed by atoms with van der Waals surface area (Å²) in [4.78, 5) is 11.7. The molecule has 1 rings (SSSR count). The minimum Gasteiger partial charge on any atom is -0.504 e. The van der Waals surface area contributed by atoms with E-state index in [4.69, 9.17) is 15.3 Å². The molecule has 0 spiro atoms. The Balaban J connectivity index is 2.57. The summed E-state index contributed by atoms with van der Waals surface area (Å²) in [5.74, 6) is -1.58. The van der Waals surface area contributed by atoms with E-state index < -0.39 is 55.0 Å². The lowest BCUT2D eigenvalue weighted by Crippen LogP contribution is -2.49. The van der Waals surface area contributed by atoms with Gasteiger partial charge in [-0.3, -0.25) is 4.79 Å². The molecule has 0 bridgehead atoms. The zero-order valence-corrected chi connectivity index (χ0v) is 11.5. The van der Waals surface area contributed by atoms with Gasteiger partial charge in [-0.15, -0.1) is 0 Å². The number of aliphatic hydroxyl groups is 5. The zero-order chi connectivity index (χ0) is 16.9. The van der Waals surface area contributed by atoms with Crippen molar-refractivity contribution in [2.75, 3.05) is 13.2 Å². The molecule has 0 saturated carbocycles. The number of benzene rings is 1. The normalized spacial score (nSPS) is 16.6. The molecule has 9 heteroatoms. The SMILES string of the molecule is O=C(NCC(O)[C@@H](O)[C@H](O)C(O)CO)c1ccc(O)c(O)c1. The van der Waals surface area contributed by atoms with Gasteiger partial charge < -0.3 is 41.1 Å². The van der Waals surface area contributed by atoms with Crippen molar-refractivity contribution in [2.24, 2.45) is 0 Å². The van der Waals surface area contributed by atoms with Crippen LogP contribution in [0.1, 0.15) is 10.4 Å². The van der Waals surface area contributed by atoms with Crippen LogP contribution in [0, 0.1) is 0 Å². The average Bonchev–Trinajstić information content (AvgIpc) is 2.52. The van der Waals surface area contributed by atoms with Crippen molar-refractivity contribution in [1.82, 2.24) is 5.32 Å². The van der Waals surface area contributed by atoms with Crippen molar-refractivity contribution in [3.05, 3.63) is 23.8 Å². The Hall–Kier alpha value is -1.91. The molecule has 4 atom stereocenters. The molecule has 2 unspecified atom stereocenters. The van der Waals surface area contributed by atoms with Crippen LogP contribution in [-0.2, 0) is 0 Å². The highest BCUT2D eigenvalue weighted by Gasteiger charge is 2.30. The van der Waals surface area contributed by atoms with Gasteiger partial charge in [-0.2, -0.15) is 0 Å². The van der Waals surface area contributed by atoms with Crippen LogP contribution in [0.3, 0.4) is 0 Å². The van der Waals surface area contributed by atoms with Crippen molar-refractivity contribution in [3.63, 3.8) is 0 Å². The second-order valence-electron chi connectivity index (χ2n) is 4.71. The predicted molar refractivity (Wildman–Crippen MR) is 73.2 cm³/mol. The quantitative estimate of drug-likeness (QED) is 0.250. The minimum atomic E-state index is -1.78. The van der Waals surface area contributed by atoms with Gasteiger partial charge in [0, 0.05) is 12.1 Å². The van der Waals surface area contributed by atoms with Gasteiger partial charge in [0.15, 0.2) is 11.5 Å². The number of hydrogen-bond donors (Lipinski definition) is 8. The number of amides is 1. The van der Waals surface area contributed by atoms with Crippen LogP contribution >= 0.6 is 0 Å². The third-order valence-electron chi connectivity index (χ3n) is 3.03. The Morgan fingerprint density at radius 1 is 1.00 bits per heavy atom. The Kier molecular flexibility index (Phi) is 6.53. The molecule has 0 aliphatic heterocycles. The number of nitrogens with one attached hydrogen (secondary N) is 1. The van der Waals surface area contributed by atoms with E-state index in [0.717, 1.165) is 12.1 Å². The first-order valence-corrected chi connectivity index (χ1v) is 6.41. The fraction of sp³-hybridized carbons (Fsp3) is 0.462. The average molecular weight is 317 g/mol. The van der Waals surface area contributed by atoms with Crippen LogP contribution in [0.15, 0.2) is 18.2 Å². The number of rotatable bonds is 7. The molecule has 0 aromatic heterocycles. The standard InChI is InChI=1S/C13H19NO8/c15-5-10(19)12(21)11(20)9(18)4-14-13(22)6-1-2-7(16)8(17)3-6/h1-3,9-12,15-21H,4-5H2,(H,14,22)/t9?,10?,11-,12-/m1/s1. The third kappa shape index (κ3) is 4.55. The van der Waals surface area contributed by atoms with Crippen LogP contribution in [0.4, 0.5) is 0 Å². The number of phenols is 2. The van der Waals surface area contributed by atoms with Crippen LogP contribution in [0.2, 0.25) is 0 Å². The van der Waals surface area contributed by atoms with Gasteiger partial charge in [0.25, 0.3) is 5.91 Å². The third-order valence-corrected chi connectivity index (χ3v) is 3.03. The highest BCUT2D eigenvalue weighted by Crippen LogP contribution is 2.24. The van der Waals surface area contributed by atoms with Gasteiger partial charge in [-0.1, -0.05) is 0 Å². The van der Waals surface area contributed by atoms with Gasteiger partial charge in [-0.05, 0) is 18.2 Å². The van der Waals surface area contributed by atoms with Gasteiger partial charge in [0.1, 0.15) is 18.3 Å². The van der Waals surface area contributed by atoms with Crippen LogP contribution in [-0.4, -0.2) is 79.2 Å². The summed E-state index contributed by atoms with van der Waals surface area (Å²) < 4.78 is 0. The second kappa shape index (κ2) is 7.92. The summed E-state index contributed by atoms with van der Waals surface area (Å²) in [5, 5.41) is 67.0. The number of carbonyl (C=O) groups is 1. The summed E-state index contributed by atoms with van der Waals surface area (Å²) >= 11 is 0. The molecule has 0 aliphatic rings. The van der Waals surface area contributed by atoms with E-state index in [2.05, 4.69) is 5.32 Å². The summed E-state index contributed by atoms with van der Waals surface area (Å²) in [7, 11) is 0. The minimum absolute atomic E-state index is 0.00734. The molecule has 0 heterocycles. The summed E-state index contributed by atoms with van der Waals surface area (Å²) in [6.45, 7) is -1.25. The van der Waals surface area contributed by atoms with Gasteiger partial charge in [0.2, 0.25) is 0 Å². The molecule has 1 amide bonds. The zero-order valence-electron chi connectivity index (χ0n) is 11.5. The Labute approximate surface area is 125 Å². The number of aliphatic hydroxyl groups excluding tert-OH is 5. The van der Waals surface area contributed by atoms with Crippen LogP contribution in [0.5, 0.6) is 11.5 Å². The number of phenolic OH excluding ortho intramolecular Hbond substituents is 2. The van der Waals surface area contributed by atoms with Gasteiger partial charge in [-0.25, -0.2) is 0 Å². The molecule has 8 N–H and O–H groups in total. The Bertz CT molecular complexity index is 509. The topological polar surface area (TPSA) is 171 Å². The van der Waals surface area contributed by atoms with Crippen molar-refractivity contribution < 1.29 is 40.5 Å². The molecule has 22 heavy (non-hydrogen) atoms. The maximum absolute atomic E-state index is 11.7. The maximum atomic E-state index is 11.7. The first kappa shape index (κ1) is 18.1. The maximum Gasteiger partial charge on any atom is 0.251 e. The van der Waals surface area contributed by atoms with Crippen LogP contribution in [0.25, 0.3) is 0 Å². The summed E-state index contributed by atoms with van der Waals surface area (Å²) in [5.41, 5.74) is 0.00734. The number of aromatic hydroxyl groups is 2. The van der Waals surface area contributed by atoms with Crippen molar-refractivity contribution in [2.45, 2.75) is 24.4 Å². The lowest BCUT2D eigenvalue weighted by atomic mass is 10.0. The highest BCUT2D eigenvalue weighted by atomic mass is 16.4. The lowest BCUT2D eigenvalue weighted by Gasteiger charge is -2.25. The molecule has 0 fully saturated rings. The molecule has 0 saturated heterocycles. The molecular weight excluding hydrogens is 298 g/mol. The lowest BCUT2D eigenvalue weighted by molar-refractivity contribution is -0.113. The van der Waals surface area contributed by atoms with E-state index in [1.165, 1.54) is 6.07 Å².